The van der Waals surface area contributed by atoms with Crippen LogP contribution in [0.1, 0.15) is 33.3 Å². The van der Waals surface area contributed by atoms with Crippen LogP contribution in [0.4, 0.5) is 5.69 Å². The first kappa shape index (κ1) is 16.5. The Kier molecular flexibility index (Phi) is 6.52. The van der Waals surface area contributed by atoms with E-state index >= 15 is 0 Å². The number of carbonyl (C=O) groups is 1. The van der Waals surface area contributed by atoms with E-state index < -0.39 is 0 Å². The molecule has 0 aromatic heterocycles. The summed E-state index contributed by atoms with van der Waals surface area (Å²) in [6.07, 6.45) is 0. The van der Waals surface area contributed by atoms with Gasteiger partial charge in [-0.1, -0.05) is 26.0 Å². The Balaban J connectivity index is 2.75. The van der Waals surface area contributed by atoms with Crippen molar-refractivity contribution in [3.8, 4) is 0 Å². The van der Waals surface area contributed by atoms with E-state index in [-0.39, 0.29) is 11.9 Å². The number of carbonyl (C=O) groups excluding carboxylic acids is 1. The average molecular weight is 277 g/mol. The number of amides is 1. The number of nitrogens with one attached hydrogen (secondary N) is 1. The van der Waals surface area contributed by atoms with Crippen molar-refractivity contribution < 1.29 is 4.79 Å². The Labute approximate surface area is 122 Å². The second-order valence-corrected chi connectivity index (χ2v) is 5.47. The fourth-order valence-corrected chi connectivity index (χ4v) is 2.10. The zero-order valence-electron chi connectivity index (χ0n) is 13.0. The Hall–Kier alpha value is -1.55. The number of rotatable bonds is 7. The van der Waals surface area contributed by atoms with E-state index in [1.165, 1.54) is 0 Å². The topological polar surface area (TPSA) is 58.4 Å². The average Bonchev–Trinajstić information content (AvgIpc) is 2.46. The monoisotopic (exact) mass is 277 g/mol. The van der Waals surface area contributed by atoms with Gasteiger partial charge >= 0.3 is 0 Å². The molecule has 0 saturated heterocycles. The molecule has 112 valence electrons. The SMILES string of the molecule is CCN(c1ccc(CN)cc1)C(C)C(=O)NCC(C)C. The molecule has 3 N–H and O–H groups in total. The molecule has 0 spiro atoms. The Morgan fingerprint density at radius 3 is 2.30 bits per heavy atom. The van der Waals surface area contributed by atoms with Crippen LogP contribution in [0, 0.1) is 5.92 Å². The van der Waals surface area contributed by atoms with Gasteiger partial charge in [0.2, 0.25) is 5.91 Å². The number of benzene rings is 1. The summed E-state index contributed by atoms with van der Waals surface area (Å²) in [7, 11) is 0. The smallest absolute Gasteiger partial charge is 0.242 e. The van der Waals surface area contributed by atoms with E-state index in [9.17, 15) is 4.79 Å². The van der Waals surface area contributed by atoms with Crippen LogP contribution >= 0.6 is 0 Å². The first-order chi connectivity index (χ1) is 9.49. The van der Waals surface area contributed by atoms with Gasteiger partial charge in [-0.25, -0.2) is 0 Å². The Morgan fingerprint density at radius 2 is 1.85 bits per heavy atom. The van der Waals surface area contributed by atoms with Gasteiger partial charge in [0.25, 0.3) is 0 Å². The van der Waals surface area contributed by atoms with Crippen LogP contribution in [0.2, 0.25) is 0 Å². The van der Waals surface area contributed by atoms with Gasteiger partial charge in [0.15, 0.2) is 0 Å². The predicted octanol–water partition coefficient (Wildman–Crippen LogP) is 2.13. The van der Waals surface area contributed by atoms with E-state index in [2.05, 4.69) is 31.0 Å². The number of nitrogens with zero attached hydrogens (tertiary/aromatic N) is 1. The third-order valence-corrected chi connectivity index (χ3v) is 3.38. The lowest BCUT2D eigenvalue weighted by Gasteiger charge is -2.29. The lowest BCUT2D eigenvalue weighted by molar-refractivity contribution is -0.122. The number of nitrogens with two attached hydrogens (primary N) is 1. The molecule has 20 heavy (non-hydrogen) atoms. The van der Waals surface area contributed by atoms with Crippen LogP contribution in [-0.4, -0.2) is 25.0 Å². The lowest BCUT2D eigenvalue weighted by atomic mass is 10.1. The summed E-state index contributed by atoms with van der Waals surface area (Å²) in [6.45, 7) is 10.2. The van der Waals surface area contributed by atoms with Crippen molar-refractivity contribution in [2.45, 2.75) is 40.3 Å². The molecule has 1 unspecified atom stereocenters. The summed E-state index contributed by atoms with van der Waals surface area (Å²) in [4.78, 5) is 14.3. The largest absolute Gasteiger partial charge is 0.360 e. The van der Waals surface area contributed by atoms with Crippen LogP contribution in [0.3, 0.4) is 0 Å². The molecule has 4 heteroatoms. The molecule has 1 atom stereocenters. The van der Waals surface area contributed by atoms with Gasteiger partial charge in [-0.2, -0.15) is 0 Å². The van der Waals surface area contributed by atoms with Gasteiger partial charge < -0.3 is 16.0 Å². The number of likely N-dealkylation sites (N-methyl/N-ethyl adjacent to an activating group) is 1. The molecule has 1 aromatic carbocycles. The van der Waals surface area contributed by atoms with Crippen molar-refractivity contribution in [1.29, 1.82) is 0 Å². The van der Waals surface area contributed by atoms with Crippen LogP contribution < -0.4 is 16.0 Å². The maximum atomic E-state index is 12.2. The highest BCUT2D eigenvalue weighted by atomic mass is 16.2. The van der Waals surface area contributed by atoms with Crippen molar-refractivity contribution in [2.75, 3.05) is 18.0 Å². The fraction of sp³-hybridized carbons (Fsp3) is 0.562. The van der Waals surface area contributed by atoms with Crippen LogP contribution in [0.15, 0.2) is 24.3 Å². The number of hydrogen-bond acceptors (Lipinski definition) is 3. The molecule has 1 rings (SSSR count). The fourth-order valence-electron chi connectivity index (χ4n) is 2.10. The van der Waals surface area contributed by atoms with E-state index in [1.807, 2.05) is 31.2 Å². The predicted molar refractivity (Wildman–Crippen MR) is 84.7 cm³/mol. The summed E-state index contributed by atoms with van der Waals surface area (Å²) >= 11 is 0. The van der Waals surface area contributed by atoms with Gasteiger partial charge in [0, 0.05) is 25.3 Å². The second-order valence-electron chi connectivity index (χ2n) is 5.47. The molecule has 4 nitrogen and oxygen atoms in total. The molecule has 0 aliphatic carbocycles. The van der Waals surface area contributed by atoms with Crippen molar-refractivity contribution >= 4 is 11.6 Å². The second kappa shape index (κ2) is 7.90. The molecule has 0 radical (unpaired) electrons. The minimum atomic E-state index is -0.178. The van der Waals surface area contributed by atoms with E-state index in [0.717, 1.165) is 17.8 Å². The zero-order valence-corrected chi connectivity index (χ0v) is 13.0. The van der Waals surface area contributed by atoms with E-state index in [4.69, 9.17) is 5.73 Å². The molecule has 1 aromatic rings. The molecule has 0 aliphatic rings. The summed E-state index contributed by atoms with van der Waals surface area (Å²) < 4.78 is 0. The summed E-state index contributed by atoms with van der Waals surface area (Å²) in [6, 6.07) is 7.89. The van der Waals surface area contributed by atoms with Crippen LogP contribution in [0.25, 0.3) is 0 Å². The van der Waals surface area contributed by atoms with Gasteiger partial charge in [-0.15, -0.1) is 0 Å². The zero-order chi connectivity index (χ0) is 15.1. The van der Waals surface area contributed by atoms with Crippen LogP contribution in [0.5, 0.6) is 0 Å². The van der Waals surface area contributed by atoms with Crippen molar-refractivity contribution in [1.82, 2.24) is 5.32 Å². The van der Waals surface area contributed by atoms with E-state index in [0.29, 0.717) is 19.0 Å². The first-order valence-electron chi connectivity index (χ1n) is 7.32. The maximum Gasteiger partial charge on any atom is 0.242 e. The highest BCUT2D eigenvalue weighted by Crippen LogP contribution is 2.18. The number of hydrogen-bond donors (Lipinski definition) is 2. The van der Waals surface area contributed by atoms with E-state index in [1.54, 1.807) is 0 Å². The molecular formula is C16H27N3O. The highest BCUT2D eigenvalue weighted by Gasteiger charge is 2.20. The van der Waals surface area contributed by atoms with Gasteiger partial charge in [-0.05, 0) is 37.5 Å². The Morgan fingerprint density at radius 1 is 1.25 bits per heavy atom. The molecular weight excluding hydrogens is 250 g/mol. The Bertz CT molecular complexity index is 414. The molecule has 0 fully saturated rings. The van der Waals surface area contributed by atoms with Gasteiger partial charge in [-0.3, -0.25) is 4.79 Å². The number of anilines is 1. The standard InChI is InChI=1S/C16H27N3O/c1-5-19(13(4)16(20)18-11-12(2)3)15-8-6-14(10-17)7-9-15/h6-9,12-13H,5,10-11,17H2,1-4H3,(H,18,20). The third-order valence-electron chi connectivity index (χ3n) is 3.38. The van der Waals surface area contributed by atoms with Crippen molar-refractivity contribution in [3.63, 3.8) is 0 Å². The maximum absolute atomic E-state index is 12.2. The molecule has 0 heterocycles. The van der Waals surface area contributed by atoms with Gasteiger partial charge in [0.1, 0.15) is 6.04 Å². The molecule has 0 aliphatic heterocycles. The molecule has 0 bridgehead atoms. The van der Waals surface area contributed by atoms with Crippen molar-refractivity contribution in [2.24, 2.45) is 11.7 Å². The minimum Gasteiger partial charge on any atom is -0.360 e. The summed E-state index contributed by atoms with van der Waals surface area (Å²) in [5.41, 5.74) is 7.76. The van der Waals surface area contributed by atoms with Gasteiger partial charge in [0.05, 0.1) is 0 Å². The highest BCUT2D eigenvalue weighted by molar-refractivity contribution is 5.84. The summed E-state index contributed by atoms with van der Waals surface area (Å²) in [5, 5.41) is 2.99. The third kappa shape index (κ3) is 4.53. The van der Waals surface area contributed by atoms with Crippen LogP contribution in [-0.2, 0) is 11.3 Å². The summed E-state index contributed by atoms with van der Waals surface area (Å²) in [5.74, 6) is 0.536. The quantitative estimate of drug-likeness (QED) is 0.802. The lowest BCUT2D eigenvalue weighted by Crippen LogP contribution is -2.46. The minimum absolute atomic E-state index is 0.0726. The normalized spacial score (nSPS) is 12.3. The molecule has 1 amide bonds. The molecule has 0 saturated carbocycles. The van der Waals surface area contributed by atoms with Crippen molar-refractivity contribution in [3.05, 3.63) is 29.8 Å². The first-order valence-corrected chi connectivity index (χ1v) is 7.32.